The zero-order valence-electron chi connectivity index (χ0n) is 10.9. The lowest BCUT2D eigenvalue weighted by Gasteiger charge is -2.35. The molecule has 1 aromatic heterocycles. The Morgan fingerprint density at radius 3 is 2.88 bits per heavy atom. The first kappa shape index (κ1) is 12.9. The van der Waals surface area contributed by atoms with Crippen LogP contribution in [0.5, 0.6) is 0 Å². The van der Waals surface area contributed by atoms with Crippen LogP contribution in [-0.4, -0.2) is 28.7 Å². The molecule has 0 bridgehead atoms. The van der Waals surface area contributed by atoms with E-state index in [2.05, 4.69) is 42.1 Å². The summed E-state index contributed by atoms with van der Waals surface area (Å²) < 4.78 is 0. The second-order valence-corrected chi connectivity index (χ2v) is 5.79. The molecule has 2 rings (SSSR count). The van der Waals surface area contributed by atoms with Crippen molar-refractivity contribution in [2.45, 2.75) is 44.2 Å². The average Bonchev–Trinajstić information content (AvgIpc) is 2.40. The predicted octanol–water partition coefficient (Wildman–Crippen LogP) is 3.74. The number of thioether (sulfide) groups is 1. The predicted molar refractivity (Wildman–Crippen MR) is 74.5 cm³/mol. The third-order valence-electron chi connectivity index (χ3n) is 3.46. The quantitative estimate of drug-likeness (QED) is 0.757. The van der Waals surface area contributed by atoms with Crippen molar-refractivity contribution in [2.24, 2.45) is 0 Å². The second-order valence-electron chi connectivity index (χ2n) is 4.50. The lowest BCUT2D eigenvalue weighted by molar-refractivity contribution is 0.157. The Morgan fingerprint density at radius 2 is 2.24 bits per heavy atom. The van der Waals surface area contributed by atoms with Crippen molar-refractivity contribution < 1.29 is 0 Å². The lowest BCUT2D eigenvalue weighted by atomic mass is 9.96. The number of rotatable bonds is 4. The van der Waals surface area contributed by atoms with Crippen LogP contribution >= 0.6 is 11.8 Å². The van der Waals surface area contributed by atoms with Crippen molar-refractivity contribution >= 4 is 11.8 Å². The molecule has 0 radical (unpaired) electrons. The minimum atomic E-state index is 0.599. The molecule has 0 aliphatic carbocycles. The molecule has 1 aliphatic rings. The van der Waals surface area contributed by atoms with Crippen molar-refractivity contribution in [3.63, 3.8) is 0 Å². The number of pyridine rings is 1. The van der Waals surface area contributed by atoms with Gasteiger partial charge in [-0.3, -0.25) is 4.90 Å². The smallest absolute Gasteiger partial charge is 0.0959 e. The second kappa shape index (κ2) is 6.41. The molecule has 2 heterocycles. The summed E-state index contributed by atoms with van der Waals surface area (Å²) in [6.45, 7) is 6.82. The molecule has 0 spiro atoms. The maximum Gasteiger partial charge on any atom is 0.0959 e. The van der Waals surface area contributed by atoms with E-state index in [4.69, 9.17) is 0 Å². The van der Waals surface area contributed by atoms with E-state index in [0.717, 1.165) is 17.3 Å². The number of piperidine rings is 1. The molecule has 0 N–H and O–H groups in total. The molecule has 17 heavy (non-hydrogen) atoms. The van der Waals surface area contributed by atoms with Crippen LogP contribution < -0.4 is 0 Å². The fourth-order valence-electron chi connectivity index (χ4n) is 2.57. The minimum absolute atomic E-state index is 0.599. The molecule has 2 nitrogen and oxygen atoms in total. The Labute approximate surface area is 109 Å². The fourth-order valence-corrected chi connectivity index (χ4v) is 3.16. The topological polar surface area (TPSA) is 16.1 Å². The van der Waals surface area contributed by atoms with E-state index in [1.807, 2.05) is 11.8 Å². The van der Waals surface area contributed by atoms with Gasteiger partial charge in [-0.05, 0) is 43.3 Å². The van der Waals surface area contributed by atoms with Crippen LogP contribution in [0, 0.1) is 0 Å². The summed E-state index contributed by atoms with van der Waals surface area (Å²) in [5, 5.41) is 1.15. The van der Waals surface area contributed by atoms with Crippen LogP contribution in [0.1, 0.15) is 44.7 Å². The third-order valence-corrected chi connectivity index (χ3v) is 4.28. The minimum Gasteiger partial charge on any atom is -0.297 e. The van der Waals surface area contributed by atoms with Crippen molar-refractivity contribution in [3.05, 3.63) is 23.9 Å². The zero-order chi connectivity index (χ0) is 12.1. The molecule has 1 saturated heterocycles. The van der Waals surface area contributed by atoms with Crippen molar-refractivity contribution in [3.8, 4) is 0 Å². The molecule has 3 heteroatoms. The van der Waals surface area contributed by atoms with Gasteiger partial charge in [-0.25, -0.2) is 4.98 Å². The van der Waals surface area contributed by atoms with E-state index in [0.29, 0.717) is 6.04 Å². The zero-order valence-corrected chi connectivity index (χ0v) is 11.7. The van der Waals surface area contributed by atoms with Gasteiger partial charge in [0.05, 0.1) is 5.03 Å². The maximum atomic E-state index is 4.55. The molecule has 0 amide bonds. The Hall–Kier alpha value is -0.540. The van der Waals surface area contributed by atoms with Gasteiger partial charge >= 0.3 is 0 Å². The lowest BCUT2D eigenvalue weighted by Crippen LogP contribution is -2.33. The molecule has 0 unspecified atom stereocenters. The van der Waals surface area contributed by atoms with Crippen LogP contribution in [0.2, 0.25) is 0 Å². The fraction of sp³-hybridized carbons (Fsp3) is 0.643. The molecule has 1 fully saturated rings. The molecular weight excluding hydrogens is 228 g/mol. The van der Waals surface area contributed by atoms with E-state index in [-0.39, 0.29) is 0 Å². The van der Waals surface area contributed by atoms with E-state index in [1.165, 1.54) is 31.4 Å². The summed E-state index contributed by atoms with van der Waals surface area (Å²) in [6, 6.07) is 5.04. The molecule has 1 aliphatic heterocycles. The monoisotopic (exact) mass is 250 g/mol. The highest BCUT2D eigenvalue weighted by Crippen LogP contribution is 2.30. The molecule has 0 saturated carbocycles. The largest absolute Gasteiger partial charge is 0.297 e. The Morgan fingerprint density at radius 1 is 1.35 bits per heavy atom. The van der Waals surface area contributed by atoms with Gasteiger partial charge in [0.15, 0.2) is 0 Å². The SMILES string of the molecule is CCSc1ccc([C@H]2CCCCN2CC)cn1. The summed E-state index contributed by atoms with van der Waals surface area (Å²) in [6.07, 6.45) is 6.07. The summed E-state index contributed by atoms with van der Waals surface area (Å²) in [4.78, 5) is 7.13. The van der Waals surface area contributed by atoms with E-state index in [9.17, 15) is 0 Å². The van der Waals surface area contributed by atoms with Gasteiger partial charge in [-0.1, -0.05) is 26.3 Å². The number of nitrogens with zero attached hydrogens (tertiary/aromatic N) is 2. The molecule has 1 atom stereocenters. The summed E-state index contributed by atoms with van der Waals surface area (Å²) in [5.74, 6) is 1.09. The van der Waals surface area contributed by atoms with Crippen molar-refractivity contribution in [2.75, 3.05) is 18.8 Å². The van der Waals surface area contributed by atoms with Crippen molar-refractivity contribution in [1.82, 2.24) is 9.88 Å². The van der Waals surface area contributed by atoms with E-state index in [1.54, 1.807) is 0 Å². The first-order valence-electron chi connectivity index (χ1n) is 6.68. The van der Waals surface area contributed by atoms with Crippen LogP contribution in [0.3, 0.4) is 0 Å². The highest BCUT2D eigenvalue weighted by Gasteiger charge is 2.22. The average molecular weight is 250 g/mol. The number of hydrogen-bond donors (Lipinski definition) is 0. The third kappa shape index (κ3) is 3.23. The van der Waals surface area contributed by atoms with Crippen LogP contribution in [-0.2, 0) is 0 Å². The summed E-state index contributed by atoms with van der Waals surface area (Å²) in [5.41, 5.74) is 1.40. The first-order chi connectivity index (χ1) is 8.35. The summed E-state index contributed by atoms with van der Waals surface area (Å²) in [7, 11) is 0. The molecular formula is C14H22N2S. The van der Waals surface area contributed by atoms with Crippen LogP contribution in [0.25, 0.3) is 0 Å². The van der Waals surface area contributed by atoms with Gasteiger partial charge in [0.2, 0.25) is 0 Å². The normalized spacial score (nSPS) is 21.6. The first-order valence-corrected chi connectivity index (χ1v) is 7.66. The maximum absolute atomic E-state index is 4.55. The van der Waals surface area contributed by atoms with E-state index >= 15 is 0 Å². The highest BCUT2D eigenvalue weighted by molar-refractivity contribution is 7.99. The van der Waals surface area contributed by atoms with Gasteiger partial charge in [0.25, 0.3) is 0 Å². The molecule has 94 valence electrons. The Bertz CT molecular complexity index is 337. The standard InChI is InChI=1S/C14H22N2S/c1-3-16-10-6-5-7-13(16)12-8-9-14(15-11-12)17-4-2/h8-9,11,13H,3-7,10H2,1-2H3/t13-/m1/s1. The summed E-state index contributed by atoms with van der Waals surface area (Å²) >= 11 is 1.81. The van der Waals surface area contributed by atoms with Gasteiger partial charge in [0.1, 0.15) is 0 Å². The molecule has 1 aromatic rings. The Kier molecular flexibility index (Phi) is 4.86. The van der Waals surface area contributed by atoms with Gasteiger partial charge in [-0.2, -0.15) is 0 Å². The van der Waals surface area contributed by atoms with Gasteiger partial charge in [0, 0.05) is 12.2 Å². The number of likely N-dealkylation sites (tertiary alicyclic amines) is 1. The molecule has 0 aromatic carbocycles. The van der Waals surface area contributed by atoms with Crippen molar-refractivity contribution in [1.29, 1.82) is 0 Å². The van der Waals surface area contributed by atoms with Gasteiger partial charge < -0.3 is 0 Å². The number of hydrogen-bond acceptors (Lipinski definition) is 3. The van der Waals surface area contributed by atoms with Crippen LogP contribution in [0.4, 0.5) is 0 Å². The highest BCUT2D eigenvalue weighted by atomic mass is 32.2. The van der Waals surface area contributed by atoms with E-state index < -0.39 is 0 Å². The Balaban J connectivity index is 2.09. The van der Waals surface area contributed by atoms with Gasteiger partial charge in [-0.15, -0.1) is 11.8 Å². The number of aromatic nitrogens is 1. The van der Waals surface area contributed by atoms with Crippen LogP contribution in [0.15, 0.2) is 23.4 Å².